The van der Waals surface area contributed by atoms with Crippen LogP contribution in [0.15, 0.2) is 59.3 Å². The first-order valence-electron chi connectivity index (χ1n) is 12.2. The van der Waals surface area contributed by atoms with Crippen LogP contribution in [0.25, 0.3) is 0 Å². The fourth-order valence-corrected chi connectivity index (χ4v) is 6.00. The van der Waals surface area contributed by atoms with E-state index in [1.807, 2.05) is 18.2 Å². The summed E-state index contributed by atoms with van der Waals surface area (Å²) < 4.78 is 77.7. The summed E-state index contributed by atoms with van der Waals surface area (Å²) in [5.41, 5.74) is -1.56. The predicted molar refractivity (Wildman–Crippen MR) is 125 cm³/mol. The molecule has 2 saturated carbocycles. The summed E-state index contributed by atoms with van der Waals surface area (Å²) in [6.45, 7) is 7.80. The van der Waals surface area contributed by atoms with E-state index in [4.69, 9.17) is 0 Å². The van der Waals surface area contributed by atoms with Crippen LogP contribution < -0.4 is 0 Å². The van der Waals surface area contributed by atoms with Gasteiger partial charge in [0.2, 0.25) is 0 Å². The molecule has 2 fully saturated rings. The van der Waals surface area contributed by atoms with Gasteiger partial charge in [0, 0.05) is 6.42 Å². The van der Waals surface area contributed by atoms with Gasteiger partial charge in [0.25, 0.3) is 5.60 Å². The maximum Gasteiger partial charge on any atom is 0.429 e. The molecule has 0 spiro atoms. The second kappa shape index (κ2) is 10.1. The van der Waals surface area contributed by atoms with E-state index < -0.39 is 30.2 Å². The molecule has 0 radical (unpaired) electrons. The fourth-order valence-electron chi connectivity index (χ4n) is 6.00. The number of rotatable bonds is 5. The molecule has 3 aliphatic rings. The molecular formula is C27H34F6O3. The Kier molecular flexibility index (Phi) is 8.09. The Morgan fingerprint density at radius 1 is 1.14 bits per heavy atom. The van der Waals surface area contributed by atoms with Crippen LogP contribution in [0.2, 0.25) is 0 Å². The normalized spacial score (nSPS) is 33.4. The number of aliphatic hydroxyl groups is 3. The lowest BCUT2D eigenvalue weighted by molar-refractivity contribution is -0.347. The zero-order chi connectivity index (χ0) is 27.1. The molecule has 36 heavy (non-hydrogen) atoms. The van der Waals surface area contributed by atoms with Gasteiger partial charge in [-0.05, 0) is 73.0 Å². The Hall–Kier alpha value is -1.84. The average Bonchev–Trinajstić information content (AvgIpc) is 3.11. The molecule has 202 valence electrons. The lowest BCUT2D eigenvalue weighted by atomic mass is 9.62. The number of allylic oxidation sites excluding steroid dienone is 6. The van der Waals surface area contributed by atoms with E-state index in [1.54, 1.807) is 6.92 Å². The standard InChI is InChI=1S/C27H34F6O3/c1-16(6-4-13-25(36,26(28,29)30)27(31,32)33)21-10-11-22-18(7-5-12-24(21,22)3)8-9-19-14-20(34)15-23(35)17(19)2/h4,8-10,13,16,20,22-23,34-36H,2,5-7,11-12,14-15H2,1,3H3/b13-4-,18-8+,19-9+/t16-,20-,22+,23?,24-/m1/s1. The Morgan fingerprint density at radius 3 is 2.39 bits per heavy atom. The number of hydrogen-bond donors (Lipinski definition) is 3. The van der Waals surface area contributed by atoms with Crippen molar-refractivity contribution in [1.29, 1.82) is 0 Å². The minimum absolute atomic E-state index is 0.0681. The number of halogens is 6. The van der Waals surface area contributed by atoms with Gasteiger partial charge >= 0.3 is 12.4 Å². The van der Waals surface area contributed by atoms with E-state index in [-0.39, 0.29) is 36.2 Å². The Balaban J connectivity index is 1.76. The molecule has 0 aliphatic heterocycles. The van der Waals surface area contributed by atoms with Crippen LogP contribution in [0.5, 0.6) is 0 Å². The molecule has 0 heterocycles. The zero-order valence-electron chi connectivity index (χ0n) is 20.5. The van der Waals surface area contributed by atoms with Crippen molar-refractivity contribution < 1.29 is 41.7 Å². The summed E-state index contributed by atoms with van der Waals surface area (Å²) in [5, 5.41) is 29.4. The fraction of sp³-hybridized carbons (Fsp3) is 0.630. The van der Waals surface area contributed by atoms with Gasteiger partial charge in [0.05, 0.1) is 12.2 Å². The van der Waals surface area contributed by atoms with E-state index in [9.17, 15) is 41.7 Å². The minimum atomic E-state index is -5.87. The largest absolute Gasteiger partial charge is 0.429 e. The molecule has 3 N–H and O–H groups in total. The molecule has 3 nitrogen and oxygen atoms in total. The lowest BCUT2D eigenvalue weighted by Gasteiger charge is -2.42. The molecule has 1 unspecified atom stereocenters. The molecule has 0 aromatic heterocycles. The van der Waals surface area contributed by atoms with E-state index in [0.29, 0.717) is 12.0 Å². The number of hydrogen-bond acceptors (Lipinski definition) is 3. The molecule has 5 atom stereocenters. The Labute approximate surface area is 207 Å². The monoisotopic (exact) mass is 520 g/mol. The van der Waals surface area contributed by atoms with Gasteiger partial charge in [-0.1, -0.05) is 55.9 Å². The van der Waals surface area contributed by atoms with Crippen LogP contribution in [-0.4, -0.2) is 45.5 Å². The highest BCUT2D eigenvalue weighted by atomic mass is 19.4. The van der Waals surface area contributed by atoms with Crippen LogP contribution in [0, 0.1) is 17.3 Å². The summed E-state index contributed by atoms with van der Waals surface area (Å²) >= 11 is 0. The van der Waals surface area contributed by atoms with Crippen LogP contribution >= 0.6 is 0 Å². The topological polar surface area (TPSA) is 60.7 Å². The molecule has 0 amide bonds. The van der Waals surface area contributed by atoms with Gasteiger partial charge < -0.3 is 15.3 Å². The van der Waals surface area contributed by atoms with Crippen molar-refractivity contribution >= 4 is 0 Å². The van der Waals surface area contributed by atoms with Crippen molar-refractivity contribution in [1.82, 2.24) is 0 Å². The maximum atomic E-state index is 12.9. The summed E-state index contributed by atoms with van der Waals surface area (Å²) in [4.78, 5) is 0. The van der Waals surface area contributed by atoms with E-state index in [0.717, 1.165) is 42.9 Å². The van der Waals surface area contributed by atoms with Crippen molar-refractivity contribution in [3.8, 4) is 0 Å². The Bertz CT molecular complexity index is 957. The molecular weight excluding hydrogens is 486 g/mol. The Morgan fingerprint density at radius 2 is 1.78 bits per heavy atom. The predicted octanol–water partition coefficient (Wildman–Crippen LogP) is 6.49. The SMILES string of the molecule is C=C1/C(=C/C=C2\CCC[C@]3(C)C([C@H](C)C/C=C\C(O)(C(F)(F)F)C(F)(F)F)=CC[C@@H]23)C[C@@H](O)CC1O. The molecule has 9 heteroatoms. The molecule has 3 aliphatic carbocycles. The third-order valence-corrected chi connectivity index (χ3v) is 8.12. The maximum absolute atomic E-state index is 12.9. The first kappa shape index (κ1) is 28.7. The highest BCUT2D eigenvalue weighted by Gasteiger charge is 2.68. The zero-order valence-corrected chi connectivity index (χ0v) is 20.5. The van der Waals surface area contributed by atoms with Crippen molar-refractivity contribution in [2.75, 3.05) is 0 Å². The molecule has 3 rings (SSSR count). The molecule has 0 aromatic rings. The third-order valence-electron chi connectivity index (χ3n) is 8.12. The molecule has 0 aromatic carbocycles. The quantitative estimate of drug-likeness (QED) is 0.287. The summed E-state index contributed by atoms with van der Waals surface area (Å²) in [6.07, 6.45) is -2.69. The van der Waals surface area contributed by atoms with Crippen molar-refractivity contribution in [3.05, 3.63) is 59.3 Å². The van der Waals surface area contributed by atoms with Gasteiger partial charge in [0.15, 0.2) is 0 Å². The van der Waals surface area contributed by atoms with Gasteiger partial charge in [-0.25, -0.2) is 0 Å². The van der Waals surface area contributed by atoms with Crippen molar-refractivity contribution in [3.63, 3.8) is 0 Å². The van der Waals surface area contributed by atoms with Crippen molar-refractivity contribution in [2.24, 2.45) is 17.3 Å². The van der Waals surface area contributed by atoms with Gasteiger partial charge in [-0.3, -0.25) is 0 Å². The van der Waals surface area contributed by atoms with Crippen LogP contribution in [-0.2, 0) is 0 Å². The smallest absolute Gasteiger partial charge is 0.393 e. The van der Waals surface area contributed by atoms with Gasteiger partial charge in [0.1, 0.15) is 0 Å². The van der Waals surface area contributed by atoms with Gasteiger partial charge in [-0.2, -0.15) is 26.3 Å². The molecule has 0 saturated heterocycles. The second-order valence-electron chi connectivity index (χ2n) is 10.6. The van der Waals surface area contributed by atoms with Gasteiger partial charge in [-0.15, -0.1) is 0 Å². The first-order chi connectivity index (χ1) is 16.5. The number of fused-ring (bicyclic) bond motifs is 1. The summed E-state index contributed by atoms with van der Waals surface area (Å²) in [6, 6.07) is 0. The highest BCUT2D eigenvalue weighted by Crippen LogP contribution is 2.57. The average molecular weight is 521 g/mol. The third kappa shape index (κ3) is 5.38. The second-order valence-corrected chi connectivity index (χ2v) is 10.6. The number of aliphatic hydroxyl groups excluding tert-OH is 2. The molecule has 0 bridgehead atoms. The highest BCUT2D eigenvalue weighted by molar-refractivity contribution is 5.40. The summed E-state index contributed by atoms with van der Waals surface area (Å²) in [5.74, 6) is -0.151. The first-order valence-corrected chi connectivity index (χ1v) is 12.2. The van der Waals surface area contributed by atoms with Crippen LogP contribution in [0.3, 0.4) is 0 Å². The van der Waals surface area contributed by atoms with Crippen LogP contribution in [0.1, 0.15) is 58.8 Å². The summed E-state index contributed by atoms with van der Waals surface area (Å²) in [7, 11) is 0. The minimum Gasteiger partial charge on any atom is -0.393 e. The number of alkyl halides is 6. The van der Waals surface area contributed by atoms with E-state index >= 15 is 0 Å². The van der Waals surface area contributed by atoms with Crippen LogP contribution in [0.4, 0.5) is 26.3 Å². The lowest BCUT2D eigenvalue weighted by Crippen LogP contribution is -2.55. The van der Waals surface area contributed by atoms with E-state index in [1.165, 1.54) is 5.57 Å². The van der Waals surface area contributed by atoms with E-state index in [2.05, 4.69) is 13.5 Å². The van der Waals surface area contributed by atoms with Crippen molar-refractivity contribution in [2.45, 2.75) is 89.0 Å².